The van der Waals surface area contributed by atoms with Gasteiger partial charge in [-0.3, -0.25) is 0 Å². The summed E-state index contributed by atoms with van der Waals surface area (Å²) in [6.45, 7) is 6.12. The molecule has 1 atom stereocenters. The topological polar surface area (TPSA) is 55.6 Å². The van der Waals surface area contributed by atoms with Crippen molar-refractivity contribution in [3.63, 3.8) is 0 Å². The summed E-state index contributed by atoms with van der Waals surface area (Å²) in [7, 11) is 1.93. The number of likely N-dealkylation sites (N-methyl/N-ethyl adjacent to an activating group) is 1. The molecule has 0 aliphatic heterocycles. The van der Waals surface area contributed by atoms with E-state index in [0.717, 1.165) is 18.2 Å². The van der Waals surface area contributed by atoms with Gasteiger partial charge < -0.3 is 5.32 Å². The van der Waals surface area contributed by atoms with Crippen LogP contribution in [0.25, 0.3) is 0 Å². The van der Waals surface area contributed by atoms with Crippen LogP contribution in [0, 0.1) is 0 Å². The molecule has 0 fully saturated rings. The third-order valence-electron chi connectivity index (χ3n) is 2.07. The number of aromatic nitrogens is 4. The lowest BCUT2D eigenvalue weighted by Crippen LogP contribution is -2.16. The molecule has 0 aliphatic carbocycles. The van der Waals surface area contributed by atoms with Crippen LogP contribution in [-0.2, 0) is 6.54 Å². The monoisotopic (exact) mass is 229 g/mol. The van der Waals surface area contributed by atoms with Gasteiger partial charge in [0.05, 0.1) is 6.54 Å². The van der Waals surface area contributed by atoms with Crippen molar-refractivity contribution < 1.29 is 0 Å². The summed E-state index contributed by atoms with van der Waals surface area (Å²) in [6, 6.07) is 0. The molecule has 0 aromatic carbocycles. The van der Waals surface area contributed by atoms with Gasteiger partial charge in [-0.2, -0.15) is 0 Å². The van der Waals surface area contributed by atoms with Crippen molar-refractivity contribution in [2.45, 2.75) is 43.6 Å². The molecule has 1 N–H and O–H groups in total. The van der Waals surface area contributed by atoms with Gasteiger partial charge in [-0.15, -0.1) is 5.10 Å². The molecule has 1 unspecified atom stereocenters. The lowest BCUT2D eigenvalue weighted by atomic mass is 10.3. The molecular weight excluding hydrogens is 210 g/mol. The highest BCUT2D eigenvalue weighted by atomic mass is 32.2. The molecule has 6 heteroatoms. The number of tetrazole rings is 1. The lowest BCUT2D eigenvalue weighted by Gasteiger charge is -2.08. The second kappa shape index (κ2) is 6.79. The van der Waals surface area contributed by atoms with E-state index in [4.69, 9.17) is 0 Å². The van der Waals surface area contributed by atoms with Gasteiger partial charge in [0.2, 0.25) is 5.16 Å². The fraction of sp³-hybridized carbons (Fsp3) is 0.889. The second-order valence-corrected chi connectivity index (χ2v) is 4.91. The summed E-state index contributed by atoms with van der Waals surface area (Å²) in [5.74, 6) is 0. The average molecular weight is 229 g/mol. The largest absolute Gasteiger partial charge is 0.318 e. The normalized spacial score (nSPS) is 13.0. The number of rotatable bonds is 7. The third-order valence-corrected chi connectivity index (χ3v) is 3.22. The highest BCUT2D eigenvalue weighted by Crippen LogP contribution is 2.22. The van der Waals surface area contributed by atoms with Crippen molar-refractivity contribution >= 4 is 11.8 Å². The van der Waals surface area contributed by atoms with Crippen LogP contribution in [0.1, 0.15) is 26.7 Å². The summed E-state index contributed by atoms with van der Waals surface area (Å²) >= 11 is 1.75. The van der Waals surface area contributed by atoms with E-state index in [-0.39, 0.29) is 0 Å². The SMILES string of the molecule is CCCC(C)Sc1nnnn1CCNC. The molecule has 0 spiro atoms. The van der Waals surface area contributed by atoms with E-state index in [1.807, 2.05) is 11.7 Å². The maximum Gasteiger partial charge on any atom is 0.209 e. The van der Waals surface area contributed by atoms with E-state index in [1.165, 1.54) is 12.8 Å². The number of hydrogen-bond acceptors (Lipinski definition) is 5. The quantitative estimate of drug-likeness (QED) is 0.711. The van der Waals surface area contributed by atoms with Crippen LogP contribution in [0.3, 0.4) is 0 Å². The Morgan fingerprint density at radius 2 is 2.33 bits per heavy atom. The molecule has 0 saturated carbocycles. The number of hydrogen-bond donors (Lipinski definition) is 1. The van der Waals surface area contributed by atoms with Crippen molar-refractivity contribution in [2.24, 2.45) is 0 Å². The van der Waals surface area contributed by atoms with E-state index >= 15 is 0 Å². The van der Waals surface area contributed by atoms with Crippen LogP contribution in [0.15, 0.2) is 5.16 Å². The molecule has 1 heterocycles. The first-order chi connectivity index (χ1) is 7.27. The maximum atomic E-state index is 4.03. The first kappa shape index (κ1) is 12.4. The van der Waals surface area contributed by atoms with Gasteiger partial charge in [0.25, 0.3) is 0 Å². The molecule has 86 valence electrons. The molecule has 0 saturated heterocycles. The minimum Gasteiger partial charge on any atom is -0.318 e. The molecular formula is C9H19N5S. The van der Waals surface area contributed by atoms with Crippen LogP contribution in [0.5, 0.6) is 0 Å². The predicted molar refractivity (Wildman–Crippen MR) is 62.0 cm³/mol. The van der Waals surface area contributed by atoms with Crippen LogP contribution >= 0.6 is 11.8 Å². The minimum absolute atomic E-state index is 0.578. The second-order valence-electron chi connectivity index (χ2n) is 3.51. The molecule has 1 aromatic heterocycles. The molecule has 1 aromatic rings. The van der Waals surface area contributed by atoms with Crippen molar-refractivity contribution in [1.29, 1.82) is 0 Å². The van der Waals surface area contributed by atoms with E-state index in [2.05, 4.69) is 34.7 Å². The fourth-order valence-corrected chi connectivity index (χ4v) is 2.33. The smallest absolute Gasteiger partial charge is 0.209 e. The first-order valence-corrected chi connectivity index (χ1v) is 6.23. The van der Waals surface area contributed by atoms with Crippen molar-refractivity contribution in [2.75, 3.05) is 13.6 Å². The zero-order valence-electron chi connectivity index (χ0n) is 9.60. The van der Waals surface area contributed by atoms with Gasteiger partial charge in [-0.1, -0.05) is 32.0 Å². The molecule has 15 heavy (non-hydrogen) atoms. The zero-order chi connectivity index (χ0) is 11.1. The standard InChI is InChI=1S/C9H19N5S/c1-4-5-8(2)15-9-11-12-13-14(9)7-6-10-3/h8,10H,4-7H2,1-3H3. The Morgan fingerprint density at radius 1 is 1.53 bits per heavy atom. The Morgan fingerprint density at radius 3 is 3.00 bits per heavy atom. The summed E-state index contributed by atoms with van der Waals surface area (Å²) < 4.78 is 1.85. The first-order valence-electron chi connectivity index (χ1n) is 5.35. The Bertz CT molecular complexity index is 275. The Kier molecular flexibility index (Phi) is 5.63. The predicted octanol–water partition coefficient (Wildman–Crippen LogP) is 1.17. The third kappa shape index (κ3) is 4.17. The van der Waals surface area contributed by atoms with Crippen molar-refractivity contribution in [3.8, 4) is 0 Å². The van der Waals surface area contributed by atoms with Crippen molar-refractivity contribution in [3.05, 3.63) is 0 Å². The van der Waals surface area contributed by atoms with Gasteiger partial charge >= 0.3 is 0 Å². The number of nitrogens with zero attached hydrogens (tertiary/aromatic N) is 4. The Labute approximate surface area is 95.0 Å². The van der Waals surface area contributed by atoms with E-state index in [9.17, 15) is 0 Å². The van der Waals surface area contributed by atoms with Crippen LogP contribution in [0.2, 0.25) is 0 Å². The number of nitrogens with one attached hydrogen (secondary N) is 1. The van der Waals surface area contributed by atoms with Crippen LogP contribution in [-0.4, -0.2) is 39.0 Å². The van der Waals surface area contributed by atoms with E-state index < -0.39 is 0 Å². The summed E-state index contributed by atoms with van der Waals surface area (Å²) in [5.41, 5.74) is 0. The zero-order valence-corrected chi connectivity index (χ0v) is 10.4. The highest BCUT2D eigenvalue weighted by molar-refractivity contribution is 7.99. The Balaban J connectivity index is 2.48. The Hall–Kier alpha value is -0.620. The van der Waals surface area contributed by atoms with Crippen molar-refractivity contribution in [1.82, 2.24) is 25.5 Å². The maximum absolute atomic E-state index is 4.03. The van der Waals surface area contributed by atoms with Gasteiger partial charge in [0, 0.05) is 11.8 Å². The molecule has 1 rings (SSSR count). The average Bonchev–Trinajstić information content (AvgIpc) is 2.63. The van der Waals surface area contributed by atoms with Gasteiger partial charge in [0.1, 0.15) is 0 Å². The highest BCUT2D eigenvalue weighted by Gasteiger charge is 2.10. The van der Waals surface area contributed by atoms with E-state index in [0.29, 0.717) is 5.25 Å². The van der Waals surface area contributed by atoms with E-state index in [1.54, 1.807) is 11.8 Å². The molecule has 5 nitrogen and oxygen atoms in total. The molecule has 0 bridgehead atoms. The van der Waals surface area contributed by atoms with Crippen LogP contribution in [0.4, 0.5) is 0 Å². The molecule has 0 amide bonds. The minimum atomic E-state index is 0.578. The van der Waals surface area contributed by atoms with Gasteiger partial charge in [0.15, 0.2) is 0 Å². The summed E-state index contributed by atoms with van der Waals surface area (Å²) in [4.78, 5) is 0. The molecule has 0 aliphatic rings. The summed E-state index contributed by atoms with van der Waals surface area (Å²) in [5, 5.41) is 16.3. The van der Waals surface area contributed by atoms with Gasteiger partial charge in [-0.05, 0) is 23.9 Å². The fourth-order valence-electron chi connectivity index (χ4n) is 1.28. The number of thioether (sulfide) groups is 1. The van der Waals surface area contributed by atoms with Crippen LogP contribution < -0.4 is 5.32 Å². The summed E-state index contributed by atoms with van der Waals surface area (Å²) in [6.07, 6.45) is 2.40. The van der Waals surface area contributed by atoms with Gasteiger partial charge in [-0.25, -0.2) is 4.68 Å². The lowest BCUT2D eigenvalue weighted by molar-refractivity contribution is 0.529. The molecule has 0 radical (unpaired) electrons.